The molecule has 0 saturated heterocycles. The van der Waals surface area contributed by atoms with Gasteiger partial charge in [-0.15, -0.1) is 0 Å². The lowest BCUT2D eigenvalue weighted by atomic mass is 10.0. The van der Waals surface area contributed by atoms with Crippen LogP contribution in [0.25, 0.3) is 33.3 Å². The second-order valence-electron chi connectivity index (χ2n) is 9.42. The summed E-state index contributed by atoms with van der Waals surface area (Å²) in [5.74, 6) is -0.744. The van der Waals surface area contributed by atoms with E-state index < -0.39 is 24.2 Å². The molecular formula is C31H25Cl2N3O4. The van der Waals surface area contributed by atoms with Crippen LogP contribution in [0.15, 0.2) is 84.9 Å². The van der Waals surface area contributed by atoms with E-state index in [1.807, 2.05) is 65.3 Å². The number of methoxy groups -OCH3 is 1. The van der Waals surface area contributed by atoms with Crippen molar-refractivity contribution in [1.82, 2.24) is 9.78 Å². The molecule has 1 aromatic heterocycles. The Morgan fingerprint density at radius 3 is 2.25 bits per heavy atom. The van der Waals surface area contributed by atoms with Crippen LogP contribution in [0.1, 0.15) is 22.3 Å². The van der Waals surface area contributed by atoms with Crippen molar-refractivity contribution >= 4 is 45.7 Å². The van der Waals surface area contributed by atoms with Crippen LogP contribution in [0.4, 0.5) is 0 Å². The van der Waals surface area contributed by atoms with E-state index in [0.717, 1.165) is 38.9 Å². The molecule has 0 fully saturated rings. The van der Waals surface area contributed by atoms with Gasteiger partial charge in [-0.1, -0.05) is 65.7 Å². The summed E-state index contributed by atoms with van der Waals surface area (Å²) in [4.78, 5) is 23.4. The summed E-state index contributed by atoms with van der Waals surface area (Å²) in [5, 5.41) is 17.0. The summed E-state index contributed by atoms with van der Waals surface area (Å²) < 4.78 is 7.25. The molecule has 0 spiro atoms. The molecule has 1 unspecified atom stereocenters. The van der Waals surface area contributed by atoms with Gasteiger partial charge in [0.05, 0.1) is 37.5 Å². The molecule has 9 heteroatoms. The largest absolute Gasteiger partial charge is 0.497 e. The zero-order valence-electron chi connectivity index (χ0n) is 21.5. The minimum Gasteiger partial charge on any atom is -0.497 e. The highest BCUT2D eigenvalue weighted by molar-refractivity contribution is 6.35. The normalized spacial score (nSPS) is 11.9. The summed E-state index contributed by atoms with van der Waals surface area (Å²) in [6, 6.07) is 25.3. The highest BCUT2D eigenvalue weighted by atomic mass is 35.5. The third-order valence-electron chi connectivity index (χ3n) is 6.58. The molecule has 0 amide bonds. The number of fused-ring (bicyclic) bond motifs is 1. The average molecular weight is 574 g/mol. The third kappa shape index (κ3) is 6.02. The molecular weight excluding hydrogens is 549 g/mol. The van der Waals surface area contributed by atoms with Gasteiger partial charge in [0.25, 0.3) is 0 Å². The number of ether oxygens (including phenoxy) is 1. The lowest BCUT2D eigenvalue weighted by molar-refractivity contribution is -0.137. The van der Waals surface area contributed by atoms with Crippen LogP contribution in [0, 0.1) is 0 Å². The molecule has 0 bridgehead atoms. The topological polar surface area (TPSA) is 107 Å². The fourth-order valence-corrected chi connectivity index (χ4v) is 5.09. The number of hydrogen-bond donors (Lipinski definition) is 2. The number of benzene rings is 4. The van der Waals surface area contributed by atoms with Gasteiger partial charge in [0.2, 0.25) is 0 Å². The van der Waals surface area contributed by atoms with E-state index in [1.54, 1.807) is 25.3 Å². The zero-order chi connectivity index (χ0) is 28.4. The zero-order valence-corrected chi connectivity index (χ0v) is 23.0. The van der Waals surface area contributed by atoms with E-state index in [9.17, 15) is 9.59 Å². The monoisotopic (exact) mass is 573 g/mol. The maximum Gasteiger partial charge on any atom is 0.305 e. The van der Waals surface area contributed by atoms with Gasteiger partial charge in [-0.25, -0.2) is 0 Å². The first-order valence-corrected chi connectivity index (χ1v) is 13.2. The Balaban J connectivity index is 1.52. The lowest BCUT2D eigenvalue weighted by Gasteiger charge is -2.11. The van der Waals surface area contributed by atoms with Gasteiger partial charge in [-0.05, 0) is 58.8 Å². The van der Waals surface area contributed by atoms with Crippen LogP contribution >= 0.6 is 23.2 Å². The van der Waals surface area contributed by atoms with Crippen LogP contribution in [0.5, 0.6) is 5.75 Å². The number of aromatic nitrogens is 2. The number of carbonyl (C=O) groups is 2. The Labute approximate surface area is 240 Å². The van der Waals surface area contributed by atoms with Crippen molar-refractivity contribution in [3.8, 4) is 28.3 Å². The highest BCUT2D eigenvalue weighted by Crippen LogP contribution is 2.32. The number of carboxylic acid groups (broad SMARTS) is 1. The molecule has 1 heterocycles. The first-order valence-electron chi connectivity index (χ1n) is 12.4. The molecule has 5 aromatic rings. The molecule has 5 rings (SSSR count). The smallest absolute Gasteiger partial charge is 0.305 e. The Morgan fingerprint density at radius 2 is 1.57 bits per heavy atom. The number of nitrogens with zero attached hydrogens (tertiary/aromatic N) is 2. The minimum absolute atomic E-state index is 0.359. The average Bonchev–Trinajstić information content (AvgIpc) is 3.35. The van der Waals surface area contributed by atoms with Gasteiger partial charge < -0.3 is 15.6 Å². The number of carboxylic acids is 1. The van der Waals surface area contributed by atoms with E-state index in [-0.39, 0.29) is 0 Å². The van der Waals surface area contributed by atoms with Crippen molar-refractivity contribution in [1.29, 1.82) is 0 Å². The van der Waals surface area contributed by atoms with Crippen LogP contribution in [0.3, 0.4) is 0 Å². The number of halogens is 2. The van der Waals surface area contributed by atoms with Gasteiger partial charge >= 0.3 is 5.97 Å². The molecule has 0 aliphatic heterocycles. The second kappa shape index (κ2) is 11.5. The third-order valence-corrected chi connectivity index (χ3v) is 7.02. The molecule has 0 aliphatic rings. The van der Waals surface area contributed by atoms with Crippen molar-refractivity contribution in [3.63, 3.8) is 0 Å². The predicted octanol–water partition coefficient (Wildman–Crippen LogP) is 6.72. The molecule has 40 heavy (non-hydrogen) atoms. The maximum atomic E-state index is 12.5. The Kier molecular flexibility index (Phi) is 7.89. The van der Waals surface area contributed by atoms with E-state index >= 15 is 0 Å². The maximum absolute atomic E-state index is 12.5. The van der Waals surface area contributed by atoms with E-state index in [1.165, 1.54) is 0 Å². The molecule has 0 aliphatic carbocycles. The van der Waals surface area contributed by atoms with E-state index in [0.29, 0.717) is 27.8 Å². The fraction of sp³-hybridized carbons (Fsp3) is 0.129. The molecule has 1 atom stereocenters. The van der Waals surface area contributed by atoms with Gasteiger partial charge in [-0.3, -0.25) is 14.3 Å². The lowest BCUT2D eigenvalue weighted by Crippen LogP contribution is -2.32. The molecule has 202 valence electrons. The second-order valence-corrected chi connectivity index (χ2v) is 10.3. The number of carbonyl (C=O) groups excluding carboxylic acids is 1. The number of aliphatic carboxylic acids is 1. The SMILES string of the molecule is COc1ccc2cc(-c3cc(-c4cc(Cl)cc(Cl)c4)nn3Cc3ccc(C(=O)C(N)CC(=O)O)cc3)ccc2c1. The number of ketones is 1. The van der Waals surface area contributed by atoms with Crippen molar-refractivity contribution in [2.75, 3.05) is 7.11 Å². The standard InChI is InChI=1S/C31H25Cl2N3O4/c1-40-26-9-8-20-10-22(7-6-21(20)13-26)29-16-28(23-11-24(32)14-25(33)12-23)35-36(29)17-18-2-4-19(5-3-18)31(39)27(34)15-30(37)38/h2-14,16,27H,15,17,34H2,1H3,(H,37,38). The highest BCUT2D eigenvalue weighted by Gasteiger charge is 2.19. The van der Waals surface area contributed by atoms with Gasteiger partial charge in [0.15, 0.2) is 5.78 Å². The van der Waals surface area contributed by atoms with Crippen molar-refractivity contribution in [2.24, 2.45) is 5.73 Å². The van der Waals surface area contributed by atoms with Gasteiger partial charge in [0.1, 0.15) is 5.75 Å². The minimum atomic E-state index is -1.12. The molecule has 0 saturated carbocycles. The Morgan fingerprint density at radius 1 is 0.900 bits per heavy atom. The van der Waals surface area contributed by atoms with Crippen LogP contribution in [0.2, 0.25) is 10.0 Å². The van der Waals surface area contributed by atoms with Crippen LogP contribution in [-0.2, 0) is 11.3 Å². The molecule has 3 N–H and O–H groups in total. The van der Waals surface area contributed by atoms with Crippen molar-refractivity contribution < 1.29 is 19.4 Å². The molecule has 4 aromatic carbocycles. The van der Waals surface area contributed by atoms with Crippen molar-refractivity contribution in [3.05, 3.63) is 106 Å². The molecule has 0 radical (unpaired) electrons. The van der Waals surface area contributed by atoms with Crippen molar-refractivity contribution in [2.45, 2.75) is 19.0 Å². The first-order chi connectivity index (χ1) is 19.2. The summed E-state index contributed by atoms with van der Waals surface area (Å²) in [5.41, 5.74) is 10.4. The fourth-order valence-electron chi connectivity index (χ4n) is 4.56. The predicted molar refractivity (Wildman–Crippen MR) is 157 cm³/mol. The quantitative estimate of drug-likeness (QED) is 0.189. The van der Waals surface area contributed by atoms with Crippen LogP contribution < -0.4 is 10.5 Å². The summed E-state index contributed by atoms with van der Waals surface area (Å²) in [6.07, 6.45) is -0.425. The number of rotatable bonds is 9. The van der Waals surface area contributed by atoms with Gasteiger partial charge in [-0.2, -0.15) is 5.10 Å². The summed E-state index contributed by atoms with van der Waals surface area (Å²) in [6.45, 7) is 0.417. The number of hydrogen-bond acceptors (Lipinski definition) is 5. The van der Waals surface area contributed by atoms with Crippen LogP contribution in [-0.4, -0.2) is 39.8 Å². The summed E-state index contributed by atoms with van der Waals surface area (Å²) in [7, 11) is 1.64. The summed E-state index contributed by atoms with van der Waals surface area (Å²) >= 11 is 12.6. The number of nitrogens with two attached hydrogens (primary N) is 1. The van der Waals surface area contributed by atoms with E-state index in [4.69, 9.17) is 43.9 Å². The molecule has 7 nitrogen and oxygen atoms in total. The first kappa shape index (κ1) is 27.4. The van der Waals surface area contributed by atoms with E-state index in [2.05, 4.69) is 6.07 Å². The number of Topliss-reactive ketones (excluding diaryl/α,β-unsaturated/α-hetero) is 1. The Hall–Kier alpha value is -4.17. The van der Waals surface area contributed by atoms with Gasteiger partial charge in [0, 0.05) is 26.7 Å². The Bertz CT molecular complexity index is 1710.